The van der Waals surface area contributed by atoms with Crippen LogP contribution in [-0.4, -0.2) is 61.2 Å². The Hall–Kier alpha value is -2.92. The molecule has 2 fully saturated rings. The number of morpholine rings is 1. The maximum atomic E-state index is 11.8. The number of rotatable bonds is 3. The SMILES string of the molecule is NC[C@H]1CN(c2ccc(N3CCOCC3=O)cc2)C(=O)O1.O=[N+]([O-])O. The van der Waals surface area contributed by atoms with Crippen molar-refractivity contribution in [2.24, 2.45) is 5.73 Å². The van der Waals surface area contributed by atoms with Crippen LogP contribution in [0.25, 0.3) is 0 Å². The first kappa shape index (κ1) is 18.4. The first-order valence-corrected chi connectivity index (χ1v) is 7.42. The van der Waals surface area contributed by atoms with E-state index >= 15 is 0 Å². The zero-order valence-electron chi connectivity index (χ0n) is 13.2. The smallest absolute Gasteiger partial charge is 0.414 e. The normalized spacial score (nSPS) is 20.0. The van der Waals surface area contributed by atoms with Gasteiger partial charge in [-0.3, -0.25) is 9.69 Å². The number of nitrogens with two attached hydrogens (primary N) is 1. The average Bonchev–Trinajstić information content (AvgIpc) is 2.96. The molecule has 0 unspecified atom stereocenters. The van der Waals surface area contributed by atoms with Crippen LogP contribution in [0.1, 0.15) is 0 Å². The molecular weight excluding hydrogens is 336 g/mol. The van der Waals surface area contributed by atoms with Crippen molar-refractivity contribution in [3.63, 3.8) is 0 Å². The van der Waals surface area contributed by atoms with Crippen molar-refractivity contribution in [1.29, 1.82) is 0 Å². The summed E-state index contributed by atoms with van der Waals surface area (Å²) in [4.78, 5) is 35.1. The van der Waals surface area contributed by atoms with Gasteiger partial charge in [0.1, 0.15) is 12.7 Å². The molecule has 25 heavy (non-hydrogen) atoms. The molecule has 1 atom stereocenters. The van der Waals surface area contributed by atoms with E-state index in [0.29, 0.717) is 26.2 Å². The molecule has 0 bridgehead atoms. The highest BCUT2D eigenvalue weighted by Gasteiger charge is 2.31. The van der Waals surface area contributed by atoms with E-state index < -0.39 is 5.09 Å². The van der Waals surface area contributed by atoms with E-state index in [4.69, 9.17) is 30.5 Å². The van der Waals surface area contributed by atoms with Gasteiger partial charge >= 0.3 is 6.09 Å². The molecule has 11 nitrogen and oxygen atoms in total. The molecular formula is C14H18N4O7. The summed E-state index contributed by atoms with van der Waals surface area (Å²) in [5, 5.41) is 13.6. The van der Waals surface area contributed by atoms with Gasteiger partial charge < -0.3 is 25.3 Å². The minimum Gasteiger partial charge on any atom is -0.443 e. The van der Waals surface area contributed by atoms with Crippen molar-refractivity contribution >= 4 is 23.4 Å². The van der Waals surface area contributed by atoms with Gasteiger partial charge in [-0.25, -0.2) is 4.79 Å². The Labute approximate surface area is 142 Å². The number of anilines is 2. The Morgan fingerprint density at radius 1 is 1.24 bits per heavy atom. The Morgan fingerprint density at radius 2 is 1.80 bits per heavy atom. The van der Waals surface area contributed by atoms with Gasteiger partial charge in [0, 0.05) is 24.5 Å². The van der Waals surface area contributed by atoms with E-state index in [0.717, 1.165) is 11.4 Å². The molecule has 2 aliphatic rings. The van der Waals surface area contributed by atoms with Crippen LogP contribution in [0.4, 0.5) is 16.2 Å². The molecule has 0 spiro atoms. The molecule has 0 aromatic heterocycles. The van der Waals surface area contributed by atoms with E-state index in [9.17, 15) is 9.59 Å². The minimum atomic E-state index is -1.50. The Kier molecular flexibility index (Phi) is 6.08. The molecule has 1 aromatic carbocycles. The van der Waals surface area contributed by atoms with Crippen LogP contribution in [0.5, 0.6) is 0 Å². The first-order chi connectivity index (χ1) is 11.9. The summed E-state index contributed by atoms with van der Waals surface area (Å²) in [5.74, 6) is -0.0576. The fourth-order valence-corrected chi connectivity index (χ4v) is 2.46. The topological polar surface area (TPSA) is 148 Å². The van der Waals surface area contributed by atoms with Crippen LogP contribution in [0, 0.1) is 10.1 Å². The number of ether oxygens (including phenoxy) is 2. The lowest BCUT2D eigenvalue weighted by molar-refractivity contribution is -0.742. The number of hydrogen-bond donors (Lipinski definition) is 2. The van der Waals surface area contributed by atoms with Gasteiger partial charge in [-0.2, -0.15) is 0 Å². The van der Waals surface area contributed by atoms with Gasteiger partial charge in [-0.15, -0.1) is 10.1 Å². The van der Waals surface area contributed by atoms with Gasteiger partial charge in [0.15, 0.2) is 0 Å². The van der Waals surface area contributed by atoms with Crippen LogP contribution in [0.3, 0.4) is 0 Å². The number of cyclic esters (lactones) is 1. The second kappa shape index (κ2) is 8.26. The zero-order chi connectivity index (χ0) is 18.4. The molecule has 2 amide bonds. The maximum Gasteiger partial charge on any atom is 0.414 e. The summed E-state index contributed by atoms with van der Waals surface area (Å²) in [6.07, 6.45) is -0.654. The van der Waals surface area contributed by atoms with Crippen molar-refractivity contribution < 1.29 is 29.4 Å². The van der Waals surface area contributed by atoms with Crippen LogP contribution in [0.2, 0.25) is 0 Å². The summed E-state index contributed by atoms with van der Waals surface area (Å²) >= 11 is 0. The van der Waals surface area contributed by atoms with Crippen molar-refractivity contribution in [1.82, 2.24) is 0 Å². The third-order valence-corrected chi connectivity index (χ3v) is 3.60. The van der Waals surface area contributed by atoms with Gasteiger partial charge in [0.05, 0.1) is 13.2 Å². The third kappa shape index (κ3) is 4.78. The number of benzene rings is 1. The summed E-state index contributed by atoms with van der Waals surface area (Å²) < 4.78 is 10.2. The number of nitrogens with zero attached hydrogens (tertiary/aromatic N) is 3. The van der Waals surface area contributed by atoms with Crippen LogP contribution >= 0.6 is 0 Å². The van der Waals surface area contributed by atoms with Crippen molar-refractivity contribution in [3.05, 3.63) is 34.4 Å². The van der Waals surface area contributed by atoms with E-state index in [1.165, 1.54) is 0 Å². The number of hydrogen-bond acceptors (Lipinski definition) is 7. The van der Waals surface area contributed by atoms with Crippen molar-refractivity contribution in [2.75, 3.05) is 42.6 Å². The molecule has 3 N–H and O–H groups in total. The van der Waals surface area contributed by atoms with Crippen LogP contribution < -0.4 is 15.5 Å². The van der Waals surface area contributed by atoms with Crippen LogP contribution in [-0.2, 0) is 14.3 Å². The lowest BCUT2D eigenvalue weighted by Gasteiger charge is -2.27. The summed E-state index contributed by atoms with van der Waals surface area (Å²) in [6, 6.07) is 7.25. The maximum absolute atomic E-state index is 11.8. The molecule has 11 heteroatoms. The fourth-order valence-electron chi connectivity index (χ4n) is 2.46. The zero-order valence-corrected chi connectivity index (χ0v) is 13.2. The first-order valence-electron chi connectivity index (χ1n) is 7.42. The van der Waals surface area contributed by atoms with E-state index in [1.807, 2.05) is 12.1 Å². The second-order valence-electron chi connectivity index (χ2n) is 5.20. The van der Waals surface area contributed by atoms with Crippen molar-refractivity contribution in [2.45, 2.75) is 6.10 Å². The van der Waals surface area contributed by atoms with E-state index in [-0.39, 0.29) is 24.7 Å². The number of amides is 2. The summed E-state index contributed by atoms with van der Waals surface area (Å²) in [5.41, 5.74) is 7.05. The molecule has 0 radical (unpaired) electrons. The highest BCUT2D eigenvalue weighted by atomic mass is 16.9. The fraction of sp³-hybridized carbons (Fsp3) is 0.429. The predicted molar refractivity (Wildman–Crippen MR) is 85.1 cm³/mol. The largest absolute Gasteiger partial charge is 0.443 e. The van der Waals surface area contributed by atoms with E-state index in [2.05, 4.69) is 0 Å². The van der Waals surface area contributed by atoms with E-state index in [1.54, 1.807) is 21.9 Å². The summed E-state index contributed by atoms with van der Waals surface area (Å²) in [6.45, 7) is 1.94. The molecule has 2 saturated heterocycles. The molecule has 2 heterocycles. The van der Waals surface area contributed by atoms with Gasteiger partial charge in [-0.05, 0) is 24.3 Å². The molecule has 0 saturated carbocycles. The molecule has 2 aliphatic heterocycles. The van der Waals surface area contributed by atoms with Gasteiger partial charge in [-0.1, -0.05) is 0 Å². The second-order valence-corrected chi connectivity index (χ2v) is 5.20. The van der Waals surface area contributed by atoms with Gasteiger partial charge in [0.25, 0.3) is 11.0 Å². The Bertz CT molecular complexity index is 633. The highest BCUT2D eigenvalue weighted by Crippen LogP contribution is 2.25. The number of carbonyl (C=O) groups is 2. The Balaban J connectivity index is 0.000000511. The lowest BCUT2D eigenvalue weighted by Crippen LogP contribution is -2.41. The van der Waals surface area contributed by atoms with Crippen molar-refractivity contribution in [3.8, 4) is 0 Å². The molecule has 136 valence electrons. The minimum absolute atomic E-state index is 0.0576. The Morgan fingerprint density at radius 3 is 2.28 bits per heavy atom. The molecule has 1 aromatic rings. The molecule has 3 rings (SSSR count). The average molecular weight is 354 g/mol. The summed E-state index contributed by atoms with van der Waals surface area (Å²) in [7, 11) is 0. The standard InChI is InChI=1S/C14H17N3O4.HNO3/c15-7-12-8-17(14(19)21-12)11-3-1-10(2-4-11)16-5-6-20-9-13(16)18;2-1(3)4/h1-4,12H,5-9,15H2;(H,2,3,4)/t12-;/m0./s1. The predicted octanol–water partition coefficient (Wildman–Crippen LogP) is -0.0140. The van der Waals surface area contributed by atoms with Crippen LogP contribution in [0.15, 0.2) is 24.3 Å². The van der Waals surface area contributed by atoms with Gasteiger partial charge in [0.2, 0.25) is 0 Å². The highest BCUT2D eigenvalue weighted by molar-refractivity contribution is 5.95. The third-order valence-electron chi connectivity index (χ3n) is 3.60. The molecule has 0 aliphatic carbocycles. The quantitative estimate of drug-likeness (QED) is 0.568. The lowest BCUT2D eigenvalue weighted by atomic mass is 10.2. The monoisotopic (exact) mass is 354 g/mol. The number of carbonyl (C=O) groups excluding carboxylic acids is 2.